The molecule has 1 N–H and O–H groups in total. The molecule has 0 aliphatic heterocycles. The van der Waals surface area contributed by atoms with Crippen molar-refractivity contribution >= 4 is 5.69 Å². The molecule has 0 aromatic heterocycles. The van der Waals surface area contributed by atoms with E-state index in [9.17, 15) is 0 Å². The summed E-state index contributed by atoms with van der Waals surface area (Å²) in [5, 5.41) is 3.34. The quantitative estimate of drug-likeness (QED) is 0.762. The molecule has 0 atom stereocenters. The van der Waals surface area contributed by atoms with E-state index in [-0.39, 0.29) is 0 Å². The van der Waals surface area contributed by atoms with Crippen LogP contribution in [-0.2, 0) is 6.54 Å². The Morgan fingerprint density at radius 1 is 1.00 bits per heavy atom. The van der Waals surface area contributed by atoms with Crippen LogP contribution in [0.3, 0.4) is 0 Å². The highest BCUT2D eigenvalue weighted by Gasteiger charge is 1.94. The number of hydrogen-bond acceptors (Lipinski definition) is 1. The summed E-state index contributed by atoms with van der Waals surface area (Å²) >= 11 is 0. The summed E-state index contributed by atoms with van der Waals surface area (Å²) < 4.78 is 0. The Morgan fingerprint density at radius 3 is 2.56 bits per heavy atom. The maximum Gasteiger partial charge on any atom is 0.0401 e. The molecule has 78 valence electrons. The van der Waals surface area contributed by atoms with Crippen LogP contribution in [0.1, 0.15) is 11.1 Å². The molecule has 0 bridgehead atoms. The summed E-state index contributed by atoms with van der Waals surface area (Å²) in [4.78, 5) is 0. The van der Waals surface area contributed by atoms with Crippen molar-refractivity contribution < 1.29 is 0 Å². The Hall–Kier alpha value is -2.20. The van der Waals surface area contributed by atoms with E-state index in [0.29, 0.717) is 0 Å². The van der Waals surface area contributed by atoms with Gasteiger partial charge in [-0.15, -0.1) is 6.42 Å². The molecule has 0 saturated heterocycles. The van der Waals surface area contributed by atoms with Gasteiger partial charge in [-0.2, -0.15) is 0 Å². The highest BCUT2D eigenvalue weighted by molar-refractivity contribution is 5.44. The van der Waals surface area contributed by atoms with Gasteiger partial charge in [0.2, 0.25) is 0 Å². The fourth-order valence-corrected chi connectivity index (χ4v) is 1.53. The monoisotopic (exact) mass is 207 g/mol. The van der Waals surface area contributed by atoms with Gasteiger partial charge in [-0.3, -0.25) is 0 Å². The summed E-state index contributed by atoms with van der Waals surface area (Å²) in [6, 6.07) is 18.1. The third-order valence-electron chi connectivity index (χ3n) is 2.36. The number of rotatable bonds is 3. The molecule has 2 aromatic carbocycles. The first-order chi connectivity index (χ1) is 7.88. The average molecular weight is 207 g/mol. The van der Waals surface area contributed by atoms with Crippen LogP contribution in [0.5, 0.6) is 0 Å². The normalized spacial score (nSPS) is 9.44. The minimum atomic E-state index is 0.791. The van der Waals surface area contributed by atoms with E-state index in [0.717, 1.165) is 17.8 Å². The van der Waals surface area contributed by atoms with Crippen molar-refractivity contribution in [2.24, 2.45) is 0 Å². The molecule has 0 aliphatic rings. The van der Waals surface area contributed by atoms with Crippen molar-refractivity contribution in [2.75, 3.05) is 5.32 Å². The first kappa shape index (κ1) is 10.3. The fourth-order valence-electron chi connectivity index (χ4n) is 1.53. The summed E-state index contributed by atoms with van der Waals surface area (Å²) in [6.45, 7) is 0.791. The van der Waals surface area contributed by atoms with Crippen LogP contribution in [0.15, 0.2) is 54.6 Å². The van der Waals surface area contributed by atoms with E-state index < -0.39 is 0 Å². The van der Waals surface area contributed by atoms with Gasteiger partial charge in [0.25, 0.3) is 0 Å². The number of anilines is 1. The van der Waals surface area contributed by atoms with Crippen molar-refractivity contribution in [2.45, 2.75) is 6.54 Å². The van der Waals surface area contributed by atoms with Gasteiger partial charge in [0.15, 0.2) is 0 Å². The van der Waals surface area contributed by atoms with Crippen LogP contribution in [0.25, 0.3) is 0 Å². The van der Waals surface area contributed by atoms with Gasteiger partial charge in [-0.05, 0) is 29.8 Å². The van der Waals surface area contributed by atoms with E-state index in [1.165, 1.54) is 5.56 Å². The lowest BCUT2D eigenvalue weighted by atomic mass is 10.1. The first-order valence-corrected chi connectivity index (χ1v) is 5.23. The third kappa shape index (κ3) is 2.65. The van der Waals surface area contributed by atoms with E-state index in [1.807, 2.05) is 48.5 Å². The lowest BCUT2D eigenvalue weighted by Gasteiger charge is -2.06. The maximum absolute atomic E-state index is 5.36. The molecule has 0 aliphatic carbocycles. The molecule has 16 heavy (non-hydrogen) atoms. The molecule has 0 heterocycles. The molecule has 0 fully saturated rings. The first-order valence-electron chi connectivity index (χ1n) is 5.23. The number of terminal acetylenes is 1. The molecule has 2 aromatic rings. The zero-order valence-corrected chi connectivity index (χ0v) is 8.98. The van der Waals surface area contributed by atoms with Gasteiger partial charge in [-0.25, -0.2) is 0 Å². The number of hydrogen-bond donors (Lipinski definition) is 1. The molecule has 0 radical (unpaired) electrons. The van der Waals surface area contributed by atoms with Crippen molar-refractivity contribution in [1.29, 1.82) is 0 Å². The molecular weight excluding hydrogens is 194 g/mol. The van der Waals surface area contributed by atoms with E-state index in [4.69, 9.17) is 6.42 Å². The van der Waals surface area contributed by atoms with Gasteiger partial charge >= 0.3 is 0 Å². The lowest BCUT2D eigenvalue weighted by molar-refractivity contribution is 1.15. The SMILES string of the molecule is C#Cc1cccc(CNc2ccccc2)c1. The maximum atomic E-state index is 5.36. The average Bonchev–Trinajstić information content (AvgIpc) is 2.38. The van der Waals surface area contributed by atoms with Gasteiger partial charge in [0.1, 0.15) is 0 Å². The Labute approximate surface area is 96.1 Å². The highest BCUT2D eigenvalue weighted by Crippen LogP contribution is 2.09. The molecular formula is C15H13N. The third-order valence-corrected chi connectivity index (χ3v) is 2.36. The van der Waals surface area contributed by atoms with Crippen molar-refractivity contribution in [1.82, 2.24) is 0 Å². The Balaban J connectivity index is 2.03. The zero-order chi connectivity index (χ0) is 11.2. The Morgan fingerprint density at radius 2 is 1.81 bits per heavy atom. The predicted molar refractivity (Wildman–Crippen MR) is 68.1 cm³/mol. The minimum Gasteiger partial charge on any atom is -0.381 e. The highest BCUT2D eigenvalue weighted by atomic mass is 14.9. The number of nitrogens with one attached hydrogen (secondary N) is 1. The van der Waals surface area contributed by atoms with Crippen LogP contribution in [-0.4, -0.2) is 0 Å². The predicted octanol–water partition coefficient (Wildman–Crippen LogP) is 3.28. The molecule has 1 nitrogen and oxygen atoms in total. The molecule has 0 unspecified atom stereocenters. The second kappa shape index (κ2) is 5.04. The molecule has 0 saturated carbocycles. The number of para-hydroxylation sites is 1. The van der Waals surface area contributed by atoms with Gasteiger partial charge in [-0.1, -0.05) is 36.3 Å². The second-order valence-corrected chi connectivity index (χ2v) is 3.56. The topological polar surface area (TPSA) is 12.0 Å². The van der Waals surface area contributed by atoms with Crippen LogP contribution in [0.2, 0.25) is 0 Å². The van der Waals surface area contributed by atoms with E-state index in [2.05, 4.69) is 17.3 Å². The lowest BCUT2D eigenvalue weighted by Crippen LogP contribution is -1.99. The summed E-state index contributed by atoms with van der Waals surface area (Å²) in [5.41, 5.74) is 3.24. The smallest absolute Gasteiger partial charge is 0.0401 e. The summed E-state index contributed by atoms with van der Waals surface area (Å²) in [7, 11) is 0. The summed E-state index contributed by atoms with van der Waals surface area (Å²) in [5.74, 6) is 2.64. The van der Waals surface area contributed by atoms with Gasteiger partial charge in [0, 0.05) is 17.8 Å². The Kier molecular flexibility index (Phi) is 3.25. The van der Waals surface area contributed by atoms with Gasteiger partial charge < -0.3 is 5.32 Å². The standard InChI is InChI=1S/C15H13N/c1-2-13-7-6-8-14(11-13)12-16-15-9-4-3-5-10-15/h1,3-11,16H,12H2. The van der Waals surface area contributed by atoms with Crippen molar-refractivity contribution in [3.05, 3.63) is 65.7 Å². The Bertz CT molecular complexity index is 494. The van der Waals surface area contributed by atoms with Crippen molar-refractivity contribution in [3.8, 4) is 12.3 Å². The van der Waals surface area contributed by atoms with Crippen LogP contribution in [0.4, 0.5) is 5.69 Å². The molecule has 0 spiro atoms. The van der Waals surface area contributed by atoms with Crippen LogP contribution < -0.4 is 5.32 Å². The summed E-state index contributed by atoms with van der Waals surface area (Å²) in [6.07, 6.45) is 5.36. The van der Waals surface area contributed by atoms with Crippen LogP contribution >= 0.6 is 0 Å². The van der Waals surface area contributed by atoms with Crippen molar-refractivity contribution in [3.63, 3.8) is 0 Å². The largest absolute Gasteiger partial charge is 0.381 e. The fraction of sp³-hybridized carbons (Fsp3) is 0.0667. The van der Waals surface area contributed by atoms with E-state index >= 15 is 0 Å². The molecule has 1 heteroatoms. The molecule has 2 rings (SSSR count). The van der Waals surface area contributed by atoms with Crippen LogP contribution in [0, 0.1) is 12.3 Å². The zero-order valence-electron chi connectivity index (χ0n) is 8.98. The second-order valence-electron chi connectivity index (χ2n) is 3.56. The number of benzene rings is 2. The van der Waals surface area contributed by atoms with Gasteiger partial charge in [0.05, 0.1) is 0 Å². The van der Waals surface area contributed by atoms with E-state index in [1.54, 1.807) is 0 Å². The minimum absolute atomic E-state index is 0.791. The molecule has 0 amide bonds.